The first kappa shape index (κ1) is 14.4. The highest BCUT2D eigenvalue weighted by Crippen LogP contribution is 2.29. The Morgan fingerprint density at radius 2 is 1.96 bits per heavy atom. The number of fused-ring (bicyclic) bond motifs is 1. The van der Waals surface area contributed by atoms with Crippen LogP contribution in [0.15, 0.2) is 55.1 Å². The van der Waals surface area contributed by atoms with Gasteiger partial charge in [0.05, 0.1) is 22.4 Å². The minimum Gasteiger partial charge on any atom is -0.338 e. The summed E-state index contributed by atoms with van der Waals surface area (Å²) in [5, 5.41) is 14.1. The molecule has 24 heavy (non-hydrogen) atoms. The van der Waals surface area contributed by atoms with Gasteiger partial charge in [-0.15, -0.1) is 0 Å². The van der Waals surface area contributed by atoms with Crippen LogP contribution >= 0.6 is 11.6 Å². The molecule has 1 aromatic carbocycles. The Hall–Kier alpha value is -3.19. The molecule has 7 nitrogen and oxygen atoms in total. The zero-order valence-electron chi connectivity index (χ0n) is 12.4. The molecule has 118 valence electrons. The van der Waals surface area contributed by atoms with Crippen molar-refractivity contribution in [3.63, 3.8) is 0 Å². The average Bonchev–Trinajstić information content (AvgIpc) is 3.01. The normalized spacial score (nSPS) is 10.7. The van der Waals surface area contributed by atoms with Crippen LogP contribution in [-0.4, -0.2) is 25.1 Å². The first-order valence-corrected chi connectivity index (χ1v) is 7.56. The van der Waals surface area contributed by atoms with Crippen LogP contribution in [-0.2, 0) is 0 Å². The molecule has 3 heterocycles. The first-order chi connectivity index (χ1) is 11.8. The number of anilines is 4. The number of aromatic amines is 1. The van der Waals surface area contributed by atoms with E-state index in [0.717, 1.165) is 22.4 Å². The van der Waals surface area contributed by atoms with Crippen LogP contribution in [0.1, 0.15) is 0 Å². The topological polar surface area (TPSA) is 91.4 Å². The number of benzene rings is 1. The fourth-order valence-corrected chi connectivity index (χ4v) is 2.50. The van der Waals surface area contributed by atoms with Crippen LogP contribution < -0.4 is 10.6 Å². The third-order valence-electron chi connectivity index (χ3n) is 3.38. The molecule has 4 rings (SSSR count). The summed E-state index contributed by atoms with van der Waals surface area (Å²) in [5.74, 6) is 1.28. The lowest BCUT2D eigenvalue weighted by Gasteiger charge is -2.09. The van der Waals surface area contributed by atoms with Crippen LogP contribution in [0.3, 0.4) is 0 Å². The van der Waals surface area contributed by atoms with E-state index in [4.69, 9.17) is 11.6 Å². The largest absolute Gasteiger partial charge is 0.338 e. The van der Waals surface area contributed by atoms with Crippen molar-refractivity contribution in [2.24, 2.45) is 0 Å². The van der Waals surface area contributed by atoms with Crippen LogP contribution in [0.2, 0.25) is 5.02 Å². The van der Waals surface area contributed by atoms with E-state index in [0.29, 0.717) is 16.7 Å². The summed E-state index contributed by atoms with van der Waals surface area (Å²) in [4.78, 5) is 12.5. The van der Waals surface area contributed by atoms with E-state index in [1.807, 2.05) is 30.3 Å². The van der Waals surface area contributed by atoms with Gasteiger partial charge in [-0.2, -0.15) is 5.10 Å². The van der Waals surface area contributed by atoms with Crippen LogP contribution in [0.5, 0.6) is 0 Å². The maximum absolute atomic E-state index is 6.34. The van der Waals surface area contributed by atoms with Crippen LogP contribution in [0.25, 0.3) is 11.0 Å². The number of hydrogen-bond acceptors (Lipinski definition) is 6. The number of halogens is 1. The molecule has 0 atom stereocenters. The molecule has 0 aliphatic heterocycles. The number of nitrogens with zero attached hydrogens (tertiary/aromatic N) is 4. The van der Waals surface area contributed by atoms with Crippen molar-refractivity contribution in [1.82, 2.24) is 25.1 Å². The van der Waals surface area contributed by atoms with Gasteiger partial charge >= 0.3 is 0 Å². The fraction of sp³-hybridized carbons (Fsp3) is 0. The molecule has 0 saturated heterocycles. The molecule has 4 aromatic rings. The smallest absolute Gasteiger partial charge is 0.178 e. The Labute approximate surface area is 142 Å². The molecular formula is C16H12ClN7. The highest BCUT2D eigenvalue weighted by molar-refractivity contribution is 6.33. The number of nitrogens with one attached hydrogen (secondary N) is 3. The maximum Gasteiger partial charge on any atom is 0.178 e. The third-order valence-corrected chi connectivity index (χ3v) is 3.69. The van der Waals surface area contributed by atoms with Gasteiger partial charge in [-0.05, 0) is 30.3 Å². The number of pyridine rings is 1. The van der Waals surface area contributed by atoms with Gasteiger partial charge in [-0.25, -0.2) is 4.98 Å². The maximum atomic E-state index is 6.34. The summed E-state index contributed by atoms with van der Waals surface area (Å²) in [6.45, 7) is 0. The minimum absolute atomic E-state index is 0.554. The molecule has 0 unspecified atom stereocenters. The van der Waals surface area contributed by atoms with Crippen molar-refractivity contribution in [2.75, 3.05) is 10.6 Å². The van der Waals surface area contributed by atoms with E-state index in [-0.39, 0.29) is 0 Å². The molecule has 0 aliphatic carbocycles. The lowest BCUT2D eigenvalue weighted by atomic mass is 10.2. The van der Waals surface area contributed by atoms with Crippen LogP contribution in [0, 0.1) is 0 Å². The minimum atomic E-state index is 0.554. The Morgan fingerprint density at radius 1 is 1.00 bits per heavy atom. The van der Waals surface area contributed by atoms with Crippen molar-refractivity contribution >= 4 is 45.6 Å². The predicted octanol–water partition coefficient (Wildman–Crippen LogP) is 3.89. The molecule has 8 heteroatoms. The van der Waals surface area contributed by atoms with E-state index < -0.39 is 0 Å². The van der Waals surface area contributed by atoms with Gasteiger partial charge in [-0.3, -0.25) is 15.1 Å². The van der Waals surface area contributed by atoms with Crippen molar-refractivity contribution in [1.29, 1.82) is 0 Å². The second-order valence-corrected chi connectivity index (χ2v) is 5.41. The number of H-pyrrole nitrogens is 1. The summed E-state index contributed by atoms with van der Waals surface area (Å²) in [7, 11) is 0. The number of hydrogen-bond donors (Lipinski definition) is 3. The van der Waals surface area contributed by atoms with Crippen molar-refractivity contribution in [2.45, 2.75) is 0 Å². The van der Waals surface area contributed by atoms with Crippen molar-refractivity contribution in [3.8, 4) is 0 Å². The van der Waals surface area contributed by atoms with Gasteiger partial charge < -0.3 is 10.6 Å². The van der Waals surface area contributed by atoms with Crippen LogP contribution in [0.4, 0.5) is 23.0 Å². The lowest BCUT2D eigenvalue weighted by molar-refractivity contribution is 1.12. The molecule has 0 saturated carbocycles. The predicted molar refractivity (Wildman–Crippen MR) is 93.9 cm³/mol. The van der Waals surface area contributed by atoms with E-state index in [1.54, 1.807) is 24.8 Å². The molecule has 0 radical (unpaired) electrons. The SMILES string of the molecule is Clc1cc(Nc2n[nH]c3cccnc23)ccc1Nc1cnccn1. The monoisotopic (exact) mass is 337 g/mol. The Balaban J connectivity index is 1.58. The zero-order valence-corrected chi connectivity index (χ0v) is 13.1. The number of aromatic nitrogens is 5. The highest BCUT2D eigenvalue weighted by atomic mass is 35.5. The summed E-state index contributed by atoms with van der Waals surface area (Å²) in [5.41, 5.74) is 3.19. The van der Waals surface area contributed by atoms with E-state index >= 15 is 0 Å². The molecule has 3 aromatic heterocycles. The van der Waals surface area contributed by atoms with E-state index in [2.05, 4.69) is 35.8 Å². The molecular weight excluding hydrogens is 326 g/mol. The molecule has 0 bridgehead atoms. The first-order valence-electron chi connectivity index (χ1n) is 7.18. The van der Waals surface area contributed by atoms with Crippen molar-refractivity contribution < 1.29 is 0 Å². The number of rotatable bonds is 4. The third kappa shape index (κ3) is 2.84. The zero-order chi connectivity index (χ0) is 16.4. The van der Waals surface area contributed by atoms with Gasteiger partial charge in [0.15, 0.2) is 5.82 Å². The summed E-state index contributed by atoms with van der Waals surface area (Å²) >= 11 is 6.34. The van der Waals surface area contributed by atoms with Gasteiger partial charge in [-0.1, -0.05) is 11.6 Å². The highest BCUT2D eigenvalue weighted by Gasteiger charge is 2.08. The average molecular weight is 338 g/mol. The summed E-state index contributed by atoms with van der Waals surface area (Å²) in [6.07, 6.45) is 6.58. The van der Waals surface area contributed by atoms with Crippen molar-refractivity contribution in [3.05, 3.63) is 60.1 Å². The van der Waals surface area contributed by atoms with Gasteiger partial charge in [0, 0.05) is 24.3 Å². The Kier molecular flexibility index (Phi) is 3.68. The molecule has 0 amide bonds. The molecule has 3 N–H and O–H groups in total. The molecule has 0 aliphatic rings. The fourth-order valence-electron chi connectivity index (χ4n) is 2.27. The lowest BCUT2D eigenvalue weighted by Crippen LogP contribution is -1.96. The van der Waals surface area contributed by atoms with Gasteiger partial charge in [0.1, 0.15) is 11.3 Å². The Morgan fingerprint density at radius 3 is 2.79 bits per heavy atom. The quantitative estimate of drug-likeness (QED) is 0.523. The summed E-state index contributed by atoms with van der Waals surface area (Å²) in [6, 6.07) is 9.34. The second kappa shape index (κ2) is 6.13. The van der Waals surface area contributed by atoms with Gasteiger partial charge in [0.25, 0.3) is 0 Å². The molecule has 0 spiro atoms. The second-order valence-electron chi connectivity index (χ2n) is 5.01. The van der Waals surface area contributed by atoms with E-state index in [9.17, 15) is 0 Å². The van der Waals surface area contributed by atoms with Gasteiger partial charge in [0.2, 0.25) is 0 Å². The standard InChI is InChI=1S/C16H12ClN7/c17-11-8-10(3-4-12(11)22-14-9-18-6-7-19-14)21-16-15-13(23-24-16)2-1-5-20-15/h1-9H,(H,19,22)(H2,21,23,24). The Bertz CT molecular complexity index is 984. The molecule has 0 fully saturated rings. The van der Waals surface area contributed by atoms with E-state index in [1.165, 1.54) is 0 Å². The summed E-state index contributed by atoms with van der Waals surface area (Å²) < 4.78 is 0.